The van der Waals surface area contributed by atoms with Gasteiger partial charge in [-0.25, -0.2) is 0 Å². The van der Waals surface area contributed by atoms with Crippen molar-refractivity contribution >= 4 is 5.91 Å². The molecule has 3 nitrogen and oxygen atoms in total. The fraction of sp³-hybridized carbons (Fsp3) is 0.278. The summed E-state index contributed by atoms with van der Waals surface area (Å²) in [5, 5.41) is 0. The van der Waals surface area contributed by atoms with E-state index in [0.29, 0.717) is 13.2 Å². The lowest BCUT2D eigenvalue weighted by Gasteiger charge is -2.12. The molecule has 2 aromatic rings. The van der Waals surface area contributed by atoms with Crippen molar-refractivity contribution in [3.05, 3.63) is 64.2 Å². The van der Waals surface area contributed by atoms with E-state index in [1.807, 2.05) is 25.2 Å². The Bertz CT molecular complexity index is 706. The van der Waals surface area contributed by atoms with Crippen LogP contribution in [0, 0.1) is 13.8 Å². The van der Waals surface area contributed by atoms with Gasteiger partial charge >= 0.3 is 0 Å². The van der Waals surface area contributed by atoms with Crippen LogP contribution in [0.4, 0.5) is 0 Å². The smallest absolute Gasteiger partial charge is 0.254 e. The minimum absolute atomic E-state index is 0.0713. The topological polar surface area (TPSA) is 29.5 Å². The van der Waals surface area contributed by atoms with Gasteiger partial charge in [-0.15, -0.1) is 0 Å². The highest BCUT2D eigenvalue weighted by Gasteiger charge is 2.27. The third-order valence-electron chi connectivity index (χ3n) is 3.99. The van der Waals surface area contributed by atoms with Crippen molar-refractivity contribution < 1.29 is 9.53 Å². The SMILES string of the molecule is Cc1ccc(COc2cccc3c2CN(C)C3=O)c(C)c1. The zero-order valence-corrected chi connectivity index (χ0v) is 12.6. The van der Waals surface area contributed by atoms with Gasteiger partial charge in [-0.1, -0.05) is 29.8 Å². The third-order valence-corrected chi connectivity index (χ3v) is 3.99. The van der Waals surface area contributed by atoms with Crippen LogP contribution in [0.1, 0.15) is 32.6 Å². The van der Waals surface area contributed by atoms with Gasteiger partial charge in [0, 0.05) is 18.2 Å². The largest absolute Gasteiger partial charge is 0.489 e. The second kappa shape index (κ2) is 5.24. The predicted molar refractivity (Wildman–Crippen MR) is 82.5 cm³/mol. The van der Waals surface area contributed by atoms with E-state index in [0.717, 1.165) is 16.9 Å². The number of carbonyl (C=O) groups excluding carboxylic acids is 1. The van der Waals surface area contributed by atoms with Gasteiger partial charge in [0.1, 0.15) is 12.4 Å². The maximum absolute atomic E-state index is 12.0. The van der Waals surface area contributed by atoms with Crippen molar-refractivity contribution in [1.29, 1.82) is 0 Å². The molecule has 108 valence electrons. The highest BCUT2D eigenvalue weighted by Crippen LogP contribution is 2.30. The van der Waals surface area contributed by atoms with E-state index >= 15 is 0 Å². The number of benzene rings is 2. The number of ether oxygens (including phenoxy) is 1. The molecule has 21 heavy (non-hydrogen) atoms. The summed E-state index contributed by atoms with van der Waals surface area (Å²) < 4.78 is 5.97. The number of carbonyl (C=O) groups is 1. The number of nitrogens with zero attached hydrogens (tertiary/aromatic N) is 1. The molecule has 0 N–H and O–H groups in total. The Balaban J connectivity index is 1.82. The van der Waals surface area contributed by atoms with E-state index in [1.54, 1.807) is 4.90 Å². The number of rotatable bonds is 3. The van der Waals surface area contributed by atoms with E-state index in [9.17, 15) is 4.79 Å². The molecule has 0 unspecified atom stereocenters. The maximum Gasteiger partial charge on any atom is 0.254 e. The lowest BCUT2D eigenvalue weighted by molar-refractivity contribution is 0.0816. The Morgan fingerprint density at radius 3 is 2.76 bits per heavy atom. The fourth-order valence-electron chi connectivity index (χ4n) is 2.74. The van der Waals surface area contributed by atoms with Crippen molar-refractivity contribution in [3.63, 3.8) is 0 Å². The van der Waals surface area contributed by atoms with Crippen LogP contribution in [0.25, 0.3) is 0 Å². The molecule has 0 bridgehead atoms. The summed E-state index contributed by atoms with van der Waals surface area (Å²) in [6.07, 6.45) is 0. The molecule has 0 spiro atoms. The lowest BCUT2D eigenvalue weighted by Crippen LogP contribution is -2.17. The summed E-state index contributed by atoms with van der Waals surface area (Å²) >= 11 is 0. The minimum atomic E-state index is 0.0713. The second-order valence-corrected chi connectivity index (χ2v) is 5.66. The first-order valence-corrected chi connectivity index (χ1v) is 7.12. The molecule has 1 heterocycles. The summed E-state index contributed by atoms with van der Waals surface area (Å²) in [7, 11) is 1.82. The quantitative estimate of drug-likeness (QED) is 0.862. The zero-order chi connectivity index (χ0) is 15.0. The average Bonchev–Trinajstić information content (AvgIpc) is 2.74. The van der Waals surface area contributed by atoms with Gasteiger partial charge in [-0.3, -0.25) is 4.79 Å². The van der Waals surface area contributed by atoms with E-state index in [-0.39, 0.29) is 5.91 Å². The minimum Gasteiger partial charge on any atom is -0.489 e. The zero-order valence-electron chi connectivity index (χ0n) is 12.6. The van der Waals surface area contributed by atoms with Crippen molar-refractivity contribution in [2.45, 2.75) is 27.0 Å². The number of hydrogen-bond donors (Lipinski definition) is 0. The molecule has 0 saturated carbocycles. The van der Waals surface area contributed by atoms with Gasteiger partial charge in [0.05, 0.1) is 6.54 Å². The monoisotopic (exact) mass is 281 g/mol. The molecule has 1 aliphatic heterocycles. The van der Waals surface area contributed by atoms with Gasteiger partial charge < -0.3 is 9.64 Å². The highest BCUT2D eigenvalue weighted by molar-refractivity contribution is 5.98. The highest BCUT2D eigenvalue weighted by atomic mass is 16.5. The summed E-state index contributed by atoms with van der Waals surface area (Å²) in [5.74, 6) is 0.882. The van der Waals surface area contributed by atoms with Crippen molar-refractivity contribution in [2.75, 3.05) is 7.05 Å². The molecule has 0 atom stereocenters. The van der Waals surface area contributed by atoms with Gasteiger partial charge in [0.2, 0.25) is 0 Å². The first-order valence-electron chi connectivity index (χ1n) is 7.12. The number of aryl methyl sites for hydroxylation is 2. The molecule has 0 fully saturated rings. The number of hydrogen-bond acceptors (Lipinski definition) is 2. The molecule has 0 radical (unpaired) electrons. The molecule has 1 amide bonds. The van der Waals surface area contributed by atoms with E-state index < -0.39 is 0 Å². The lowest BCUT2D eigenvalue weighted by atomic mass is 10.1. The molecule has 0 aliphatic carbocycles. The summed E-state index contributed by atoms with van der Waals surface area (Å²) in [6, 6.07) is 12.0. The van der Waals surface area contributed by atoms with Crippen molar-refractivity contribution in [3.8, 4) is 5.75 Å². The van der Waals surface area contributed by atoms with Crippen LogP contribution in [0.5, 0.6) is 5.75 Å². The van der Waals surface area contributed by atoms with E-state index in [2.05, 4.69) is 32.0 Å². The molecule has 0 aromatic heterocycles. The molecule has 3 heteroatoms. The summed E-state index contributed by atoms with van der Waals surface area (Å²) in [4.78, 5) is 13.7. The Labute approximate surface area is 125 Å². The first-order chi connectivity index (χ1) is 10.1. The van der Waals surface area contributed by atoms with Gasteiger partial charge in [-0.2, -0.15) is 0 Å². The molecule has 3 rings (SSSR count). The predicted octanol–water partition coefficient (Wildman–Crippen LogP) is 3.47. The Hall–Kier alpha value is -2.29. The maximum atomic E-state index is 12.0. The summed E-state index contributed by atoms with van der Waals surface area (Å²) in [6.45, 7) is 5.33. The normalized spacial score (nSPS) is 13.5. The van der Waals surface area contributed by atoms with Crippen LogP contribution >= 0.6 is 0 Å². The molecule has 0 saturated heterocycles. The van der Waals surface area contributed by atoms with Crippen LogP contribution in [-0.4, -0.2) is 17.9 Å². The van der Waals surface area contributed by atoms with E-state index in [1.165, 1.54) is 16.7 Å². The Morgan fingerprint density at radius 2 is 2.00 bits per heavy atom. The van der Waals surface area contributed by atoms with Crippen LogP contribution in [0.2, 0.25) is 0 Å². The Kier molecular flexibility index (Phi) is 3.42. The van der Waals surface area contributed by atoms with Crippen LogP contribution < -0.4 is 4.74 Å². The average molecular weight is 281 g/mol. The van der Waals surface area contributed by atoms with Crippen LogP contribution in [-0.2, 0) is 13.2 Å². The fourth-order valence-corrected chi connectivity index (χ4v) is 2.74. The molecular formula is C18H19NO2. The standard InChI is InChI=1S/C18H19NO2/c1-12-7-8-14(13(2)9-12)11-21-17-6-4-5-15-16(17)10-19(3)18(15)20/h4-9H,10-11H2,1-3H3. The molecule has 1 aliphatic rings. The van der Waals surface area contributed by atoms with Gasteiger partial charge in [0.25, 0.3) is 5.91 Å². The number of amides is 1. The summed E-state index contributed by atoms with van der Waals surface area (Å²) in [5.41, 5.74) is 5.42. The van der Waals surface area contributed by atoms with Crippen LogP contribution in [0.15, 0.2) is 36.4 Å². The second-order valence-electron chi connectivity index (χ2n) is 5.66. The van der Waals surface area contributed by atoms with E-state index in [4.69, 9.17) is 4.74 Å². The van der Waals surface area contributed by atoms with Gasteiger partial charge in [0.15, 0.2) is 0 Å². The third kappa shape index (κ3) is 2.51. The van der Waals surface area contributed by atoms with Gasteiger partial charge in [-0.05, 0) is 37.1 Å². The van der Waals surface area contributed by atoms with Crippen molar-refractivity contribution in [2.24, 2.45) is 0 Å². The number of fused-ring (bicyclic) bond motifs is 1. The Morgan fingerprint density at radius 1 is 1.19 bits per heavy atom. The first kappa shape index (κ1) is 13.7. The van der Waals surface area contributed by atoms with Crippen molar-refractivity contribution in [1.82, 2.24) is 4.90 Å². The molecular weight excluding hydrogens is 262 g/mol. The molecule has 2 aromatic carbocycles. The van der Waals surface area contributed by atoms with Crippen LogP contribution in [0.3, 0.4) is 0 Å².